The summed E-state index contributed by atoms with van der Waals surface area (Å²) in [5, 5.41) is 21.2. The second-order valence-corrected chi connectivity index (χ2v) is 4.35. The summed E-state index contributed by atoms with van der Waals surface area (Å²) >= 11 is 0. The van der Waals surface area contributed by atoms with Crippen LogP contribution in [0, 0.1) is 5.92 Å². The Morgan fingerprint density at radius 3 is 2.62 bits per heavy atom. The Labute approximate surface area is 95.8 Å². The zero-order valence-corrected chi connectivity index (χ0v) is 9.74. The maximum atomic E-state index is 11.9. The maximum absolute atomic E-state index is 11.9. The van der Waals surface area contributed by atoms with E-state index >= 15 is 0 Å². The first-order valence-corrected chi connectivity index (χ1v) is 5.79. The van der Waals surface area contributed by atoms with Crippen molar-refractivity contribution in [3.05, 3.63) is 0 Å². The predicted molar refractivity (Wildman–Crippen MR) is 58.9 cm³/mol. The molecule has 0 radical (unpaired) electrons. The number of carbonyl (C=O) groups is 1. The standard InChI is InChI=1S/C11H21NO4/c1-2-11(7-13,8-14)12-10(15)9-4-3-5-16-6-9/h9,13-14H,2-8H2,1H3,(H,12,15). The average molecular weight is 231 g/mol. The number of aliphatic hydroxyl groups is 2. The average Bonchev–Trinajstić information content (AvgIpc) is 2.37. The summed E-state index contributed by atoms with van der Waals surface area (Å²) in [7, 11) is 0. The first-order valence-electron chi connectivity index (χ1n) is 5.79. The molecule has 1 rings (SSSR count). The van der Waals surface area contributed by atoms with E-state index in [1.54, 1.807) is 0 Å². The number of hydrogen-bond donors (Lipinski definition) is 3. The predicted octanol–water partition coefficient (Wildman–Crippen LogP) is -0.337. The van der Waals surface area contributed by atoms with E-state index in [-0.39, 0.29) is 25.0 Å². The quantitative estimate of drug-likeness (QED) is 0.605. The molecule has 3 N–H and O–H groups in total. The molecule has 1 aliphatic rings. The lowest BCUT2D eigenvalue weighted by molar-refractivity contribution is -0.132. The molecule has 16 heavy (non-hydrogen) atoms. The molecule has 1 heterocycles. The zero-order valence-electron chi connectivity index (χ0n) is 9.74. The van der Waals surface area contributed by atoms with Crippen LogP contribution in [0.25, 0.3) is 0 Å². The van der Waals surface area contributed by atoms with Crippen LogP contribution < -0.4 is 5.32 Å². The highest BCUT2D eigenvalue weighted by Crippen LogP contribution is 2.16. The minimum absolute atomic E-state index is 0.135. The van der Waals surface area contributed by atoms with Gasteiger partial charge in [0.2, 0.25) is 5.91 Å². The van der Waals surface area contributed by atoms with Crippen molar-refractivity contribution >= 4 is 5.91 Å². The molecule has 1 unspecified atom stereocenters. The first kappa shape index (κ1) is 13.4. The number of nitrogens with one attached hydrogen (secondary N) is 1. The lowest BCUT2D eigenvalue weighted by Gasteiger charge is -2.32. The molecule has 1 saturated heterocycles. The summed E-state index contributed by atoms with van der Waals surface area (Å²) in [6, 6.07) is 0. The Kier molecular flexibility index (Phi) is 5.18. The minimum atomic E-state index is -0.894. The first-order chi connectivity index (χ1) is 7.67. The van der Waals surface area contributed by atoms with Gasteiger partial charge in [0, 0.05) is 6.61 Å². The highest BCUT2D eigenvalue weighted by atomic mass is 16.5. The number of aliphatic hydroxyl groups excluding tert-OH is 2. The SMILES string of the molecule is CCC(CO)(CO)NC(=O)C1CCCOC1. The Balaban J connectivity index is 2.53. The lowest BCUT2D eigenvalue weighted by Crippen LogP contribution is -2.56. The van der Waals surface area contributed by atoms with Gasteiger partial charge >= 0.3 is 0 Å². The molecule has 5 heteroatoms. The van der Waals surface area contributed by atoms with Gasteiger partial charge in [-0.25, -0.2) is 0 Å². The van der Waals surface area contributed by atoms with Crippen molar-refractivity contribution in [2.24, 2.45) is 5.92 Å². The number of amides is 1. The fourth-order valence-corrected chi connectivity index (χ4v) is 1.75. The topological polar surface area (TPSA) is 78.8 Å². The molecule has 0 aromatic heterocycles. The van der Waals surface area contributed by atoms with E-state index in [4.69, 9.17) is 4.74 Å². The van der Waals surface area contributed by atoms with E-state index in [1.165, 1.54) is 0 Å². The van der Waals surface area contributed by atoms with Crippen LogP contribution in [0.5, 0.6) is 0 Å². The van der Waals surface area contributed by atoms with Gasteiger partial charge in [-0.15, -0.1) is 0 Å². The van der Waals surface area contributed by atoms with Gasteiger partial charge in [-0.1, -0.05) is 6.92 Å². The third-order valence-corrected chi connectivity index (χ3v) is 3.20. The second-order valence-electron chi connectivity index (χ2n) is 4.35. The van der Waals surface area contributed by atoms with Gasteiger partial charge in [-0.3, -0.25) is 4.79 Å². The molecular weight excluding hydrogens is 210 g/mol. The number of hydrogen-bond acceptors (Lipinski definition) is 4. The molecule has 1 atom stereocenters. The van der Waals surface area contributed by atoms with E-state index in [1.807, 2.05) is 6.92 Å². The molecule has 94 valence electrons. The summed E-state index contributed by atoms with van der Waals surface area (Å²) in [4.78, 5) is 11.9. The highest BCUT2D eigenvalue weighted by Gasteiger charge is 2.32. The van der Waals surface area contributed by atoms with E-state index in [9.17, 15) is 15.0 Å². The number of ether oxygens (including phenoxy) is 1. The molecular formula is C11H21NO4. The summed E-state index contributed by atoms with van der Waals surface area (Å²) in [5.41, 5.74) is -0.894. The van der Waals surface area contributed by atoms with Crippen molar-refractivity contribution in [1.82, 2.24) is 5.32 Å². The van der Waals surface area contributed by atoms with Gasteiger partial charge in [0.25, 0.3) is 0 Å². The number of rotatable bonds is 5. The monoisotopic (exact) mass is 231 g/mol. The van der Waals surface area contributed by atoms with E-state index < -0.39 is 5.54 Å². The minimum Gasteiger partial charge on any atom is -0.394 e. The van der Waals surface area contributed by atoms with Gasteiger partial charge in [-0.2, -0.15) is 0 Å². The highest BCUT2D eigenvalue weighted by molar-refractivity contribution is 5.79. The summed E-state index contributed by atoms with van der Waals surface area (Å²) in [5.74, 6) is -0.289. The largest absolute Gasteiger partial charge is 0.394 e. The Morgan fingerprint density at radius 1 is 1.50 bits per heavy atom. The van der Waals surface area contributed by atoms with Gasteiger partial charge in [0.05, 0.1) is 31.3 Å². The molecule has 0 aliphatic carbocycles. The molecule has 0 spiro atoms. The van der Waals surface area contributed by atoms with Crippen molar-refractivity contribution in [1.29, 1.82) is 0 Å². The van der Waals surface area contributed by atoms with Crippen LogP contribution in [0.15, 0.2) is 0 Å². The number of carbonyl (C=O) groups excluding carboxylic acids is 1. The summed E-state index contributed by atoms with van der Waals surface area (Å²) in [6.45, 7) is 2.47. The van der Waals surface area contributed by atoms with Crippen LogP contribution in [-0.2, 0) is 9.53 Å². The van der Waals surface area contributed by atoms with Crippen LogP contribution in [-0.4, -0.2) is 48.1 Å². The van der Waals surface area contributed by atoms with Crippen molar-refractivity contribution < 1.29 is 19.7 Å². The zero-order chi connectivity index (χ0) is 12.0. The smallest absolute Gasteiger partial charge is 0.226 e. The van der Waals surface area contributed by atoms with Crippen LogP contribution in [0.1, 0.15) is 26.2 Å². The molecule has 0 saturated carbocycles. The van der Waals surface area contributed by atoms with Gasteiger partial charge < -0.3 is 20.3 Å². The van der Waals surface area contributed by atoms with Crippen molar-refractivity contribution in [2.45, 2.75) is 31.7 Å². The lowest BCUT2D eigenvalue weighted by atomic mass is 9.95. The second kappa shape index (κ2) is 6.18. The normalized spacial score (nSPS) is 21.8. The van der Waals surface area contributed by atoms with Crippen LogP contribution in [0.3, 0.4) is 0 Å². The third kappa shape index (κ3) is 3.17. The molecule has 0 aromatic carbocycles. The van der Waals surface area contributed by atoms with Gasteiger partial charge in [0.1, 0.15) is 0 Å². The fraction of sp³-hybridized carbons (Fsp3) is 0.909. The molecule has 0 bridgehead atoms. The van der Waals surface area contributed by atoms with Crippen LogP contribution in [0.4, 0.5) is 0 Å². The maximum Gasteiger partial charge on any atom is 0.226 e. The third-order valence-electron chi connectivity index (χ3n) is 3.20. The van der Waals surface area contributed by atoms with Gasteiger partial charge in [0.15, 0.2) is 0 Å². The fourth-order valence-electron chi connectivity index (χ4n) is 1.75. The Hall–Kier alpha value is -0.650. The molecule has 1 amide bonds. The van der Waals surface area contributed by atoms with Crippen molar-refractivity contribution in [3.63, 3.8) is 0 Å². The Morgan fingerprint density at radius 2 is 2.19 bits per heavy atom. The van der Waals surface area contributed by atoms with Crippen molar-refractivity contribution in [3.8, 4) is 0 Å². The van der Waals surface area contributed by atoms with Crippen LogP contribution in [0.2, 0.25) is 0 Å². The Bertz CT molecular complexity index is 214. The molecule has 1 fully saturated rings. The van der Waals surface area contributed by atoms with Crippen LogP contribution >= 0.6 is 0 Å². The summed E-state index contributed by atoms with van der Waals surface area (Å²) < 4.78 is 5.23. The summed E-state index contributed by atoms with van der Waals surface area (Å²) in [6.07, 6.45) is 2.19. The van der Waals surface area contributed by atoms with E-state index in [0.29, 0.717) is 19.6 Å². The van der Waals surface area contributed by atoms with Gasteiger partial charge in [-0.05, 0) is 19.3 Å². The molecule has 1 aliphatic heterocycles. The van der Waals surface area contributed by atoms with E-state index in [2.05, 4.69) is 5.32 Å². The van der Waals surface area contributed by atoms with E-state index in [0.717, 1.165) is 12.8 Å². The molecule has 0 aromatic rings. The van der Waals surface area contributed by atoms with Crippen molar-refractivity contribution in [2.75, 3.05) is 26.4 Å². The molecule has 5 nitrogen and oxygen atoms in total.